The molecule has 0 bridgehead atoms. The van der Waals surface area contributed by atoms with Gasteiger partial charge in [-0.1, -0.05) is 74.0 Å². The van der Waals surface area contributed by atoms with Gasteiger partial charge in [-0.05, 0) is 80.4 Å². The molecule has 3 N–H and O–H groups in total. The maximum absolute atomic E-state index is 13.7. The lowest BCUT2D eigenvalue weighted by Gasteiger charge is -2.38. The van der Waals surface area contributed by atoms with Crippen LogP contribution in [0.4, 0.5) is 16.2 Å². The molecule has 0 aromatic heterocycles. The van der Waals surface area contributed by atoms with Crippen LogP contribution in [0.3, 0.4) is 0 Å². The van der Waals surface area contributed by atoms with Gasteiger partial charge in [0.25, 0.3) is 5.91 Å². The summed E-state index contributed by atoms with van der Waals surface area (Å²) in [4.78, 5) is 32.6. The van der Waals surface area contributed by atoms with Gasteiger partial charge in [0.2, 0.25) is 0 Å². The molecule has 0 unspecified atom stereocenters. The molecule has 0 radical (unpaired) electrons. The number of likely N-dealkylation sites (tertiary alicyclic amines) is 1. The molecule has 0 spiro atoms. The van der Waals surface area contributed by atoms with Gasteiger partial charge in [0.05, 0.1) is 17.3 Å². The minimum absolute atomic E-state index is 0.136. The van der Waals surface area contributed by atoms with E-state index in [1.165, 1.54) is 11.1 Å². The van der Waals surface area contributed by atoms with E-state index in [1.54, 1.807) is 4.90 Å². The summed E-state index contributed by atoms with van der Waals surface area (Å²) in [6, 6.07) is 27.0. The highest BCUT2D eigenvalue weighted by molar-refractivity contribution is 6.05. The predicted octanol–water partition coefficient (Wildman–Crippen LogP) is 6.20. The molecular formula is C35H45N5O2. The Morgan fingerprint density at radius 3 is 2.10 bits per heavy atom. The first kappa shape index (κ1) is 29.6. The number of nitrogens with two attached hydrogens (primary N) is 1. The van der Waals surface area contributed by atoms with Crippen molar-refractivity contribution in [2.45, 2.75) is 51.5 Å². The fourth-order valence-corrected chi connectivity index (χ4v) is 6.41. The van der Waals surface area contributed by atoms with Crippen molar-refractivity contribution in [3.8, 4) is 0 Å². The number of hydrogen-bond acceptors (Lipinski definition) is 4. The predicted molar refractivity (Wildman–Crippen MR) is 171 cm³/mol. The Balaban J connectivity index is 1.27. The summed E-state index contributed by atoms with van der Waals surface area (Å²) in [5.74, 6) is 0.262. The molecule has 42 heavy (non-hydrogen) atoms. The van der Waals surface area contributed by atoms with Crippen molar-refractivity contribution in [3.05, 3.63) is 95.6 Å². The average molecular weight is 568 g/mol. The summed E-state index contributed by atoms with van der Waals surface area (Å²) in [6.07, 6.45) is 6.10. The van der Waals surface area contributed by atoms with E-state index in [4.69, 9.17) is 5.73 Å². The van der Waals surface area contributed by atoms with E-state index in [1.807, 2.05) is 18.2 Å². The fourth-order valence-electron chi connectivity index (χ4n) is 6.41. The number of unbranched alkanes of at least 4 members (excludes halogenated alkanes) is 1. The molecule has 0 atom stereocenters. The Labute approximate surface area is 250 Å². The monoisotopic (exact) mass is 567 g/mol. The minimum Gasteiger partial charge on any atom is -0.372 e. The number of urea groups is 1. The van der Waals surface area contributed by atoms with Gasteiger partial charge in [-0.3, -0.25) is 14.6 Å². The number of nitrogens with zero attached hydrogens (tertiary/aromatic N) is 3. The van der Waals surface area contributed by atoms with Crippen LogP contribution in [0.5, 0.6) is 0 Å². The summed E-state index contributed by atoms with van der Waals surface area (Å²) < 4.78 is 0. The van der Waals surface area contributed by atoms with Gasteiger partial charge in [-0.25, -0.2) is 4.79 Å². The topological polar surface area (TPSA) is 81.9 Å². The van der Waals surface area contributed by atoms with Crippen molar-refractivity contribution in [1.29, 1.82) is 0 Å². The lowest BCUT2D eigenvalue weighted by atomic mass is 9.91. The van der Waals surface area contributed by atoms with Gasteiger partial charge in [0, 0.05) is 31.9 Å². The standard InChI is InChI=1S/C35H45N5O2/c1-2-3-22-40(35(36)42)32-17-16-30(38-20-10-11-21-38)25-31(32)34(41)37-26-27-18-23-39(24-19-27)33(28-12-6-4-7-13-28)29-14-8-5-9-15-29/h4-9,12-17,25,27,33H,2-3,10-11,18-24,26H2,1H3,(H2,36,42)(H,37,41). The molecule has 222 valence electrons. The molecule has 0 saturated carbocycles. The van der Waals surface area contributed by atoms with E-state index >= 15 is 0 Å². The lowest BCUT2D eigenvalue weighted by molar-refractivity contribution is 0.0931. The third-order valence-electron chi connectivity index (χ3n) is 8.78. The van der Waals surface area contributed by atoms with Crippen LogP contribution in [0.1, 0.15) is 73.0 Å². The number of carbonyl (C=O) groups is 2. The van der Waals surface area contributed by atoms with E-state index in [9.17, 15) is 9.59 Å². The Bertz CT molecular complexity index is 1260. The third-order valence-corrected chi connectivity index (χ3v) is 8.78. The largest absolute Gasteiger partial charge is 0.372 e. The first-order valence-corrected chi connectivity index (χ1v) is 15.6. The molecule has 7 heteroatoms. The van der Waals surface area contributed by atoms with Gasteiger partial charge in [-0.15, -0.1) is 0 Å². The SMILES string of the molecule is CCCCN(C(N)=O)c1ccc(N2CCCC2)cc1C(=O)NCC1CCN(C(c2ccccc2)c2ccccc2)CC1. The zero-order valence-corrected chi connectivity index (χ0v) is 24.9. The Morgan fingerprint density at radius 1 is 0.905 bits per heavy atom. The van der Waals surface area contributed by atoms with Crippen LogP contribution in [-0.2, 0) is 0 Å². The second-order valence-corrected chi connectivity index (χ2v) is 11.7. The first-order chi connectivity index (χ1) is 20.5. The van der Waals surface area contributed by atoms with E-state index in [2.05, 4.69) is 82.7 Å². The fraction of sp³-hybridized carbons (Fsp3) is 0.429. The summed E-state index contributed by atoms with van der Waals surface area (Å²) >= 11 is 0. The number of anilines is 2. The Kier molecular flexibility index (Phi) is 10.1. The van der Waals surface area contributed by atoms with Gasteiger partial charge in [0.1, 0.15) is 0 Å². The Hall–Kier alpha value is -3.84. The number of rotatable bonds is 11. The normalized spacial score (nSPS) is 16.1. The van der Waals surface area contributed by atoms with Crippen LogP contribution in [-0.4, -0.2) is 56.1 Å². The molecule has 2 aliphatic rings. The second-order valence-electron chi connectivity index (χ2n) is 11.7. The van der Waals surface area contributed by atoms with Crippen molar-refractivity contribution < 1.29 is 9.59 Å². The highest BCUT2D eigenvalue weighted by atomic mass is 16.2. The van der Waals surface area contributed by atoms with Crippen molar-refractivity contribution in [2.24, 2.45) is 11.7 Å². The number of piperidine rings is 1. The molecular weight excluding hydrogens is 522 g/mol. The van der Waals surface area contributed by atoms with Crippen LogP contribution in [0, 0.1) is 5.92 Å². The smallest absolute Gasteiger partial charge is 0.319 e. The quantitative estimate of drug-likeness (QED) is 0.289. The molecule has 2 fully saturated rings. The number of primary amides is 1. The van der Waals surface area contributed by atoms with Gasteiger partial charge in [-0.2, -0.15) is 0 Å². The summed E-state index contributed by atoms with van der Waals surface area (Å²) in [5.41, 5.74) is 10.6. The van der Waals surface area contributed by atoms with E-state index in [-0.39, 0.29) is 11.9 Å². The lowest BCUT2D eigenvalue weighted by Crippen LogP contribution is -2.41. The summed E-state index contributed by atoms with van der Waals surface area (Å²) in [6.45, 7) is 7.11. The summed E-state index contributed by atoms with van der Waals surface area (Å²) in [7, 11) is 0. The van der Waals surface area contributed by atoms with Gasteiger partial charge < -0.3 is 16.0 Å². The molecule has 3 aromatic rings. The number of amides is 3. The molecule has 3 amide bonds. The zero-order valence-electron chi connectivity index (χ0n) is 24.9. The molecule has 2 aliphatic heterocycles. The number of hydrogen-bond donors (Lipinski definition) is 2. The average Bonchev–Trinajstić information content (AvgIpc) is 3.57. The Morgan fingerprint density at radius 2 is 1.52 bits per heavy atom. The summed E-state index contributed by atoms with van der Waals surface area (Å²) in [5, 5.41) is 3.23. The maximum Gasteiger partial charge on any atom is 0.319 e. The van der Waals surface area contributed by atoms with Crippen molar-refractivity contribution in [3.63, 3.8) is 0 Å². The third kappa shape index (κ3) is 7.13. The van der Waals surface area contributed by atoms with Crippen LogP contribution in [0.25, 0.3) is 0 Å². The number of benzene rings is 3. The zero-order chi connectivity index (χ0) is 29.3. The van der Waals surface area contributed by atoms with Crippen LogP contribution in [0.15, 0.2) is 78.9 Å². The van der Waals surface area contributed by atoms with Gasteiger partial charge in [0.15, 0.2) is 0 Å². The second kappa shape index (κ2) is 14.4. The van der Waals surface area contributed by atoms with Crippen LogP contribution < -0.4 is 20.9 Å². The molecule has 0 aliphatic carbocycles. The van der Waals surface area contributed by atoms with Crippen molar-refractivity contribution >= 4 is 23.3 Å². The first-order valence-electron chi connectivity index (χ1n) is 15.6. The van der Waals surface area contributed by atoms with E-state index in [0.29, 0.717) is 30.3 Å². The molecule has 2 saturated heterocycles. The molecule has 7 nitrogen and oxygen atoms in total. The number of nitrogens with one attached hydrogen (secondary N) is 1. The minimum atomic E-state index is -0.523. The highest BCUT2D eigenvalue weighted by Gasteiger charge is 2.28. The van der Waals surface area contributed by atoms with Crippen molar-refractivity contribution in [1.82, 2.24) is 10.2 Å². The number of carbonyl (C=O) groups excluding carboxylic acids is 2. The highest BCUT2D eigenvalue weighted by Crippen LogP contribution is 2.33. The van der Waals surface area contributed by atoms with Crippen LogP contribution >= 0.6 is 0 Å². The molecule has 2 heterocycles. The van der Waals surface area contributed by atoms with Crippen molar-refractivity contribution in [2.75, 3.05) is 49.1 Å². The molecule has 5 rings (SSSR count). The maximum atomic E-state index is 13.7. The van der Waals surface area contributed by atoms with E-state index in [0.717, 1.165) is 70.4 Å². The van der Waals surface area contributed by atoms with Crippen LogP contribution in [0.2, 0.25) is 0 Å². The van der Waals surface area contributed by atoms with E-state index < -0.39 is 6.03 Å². The molecule has 3 aromatic carbocycles. The van der Waals surface area contributed by atoms with Gasteiger partial charge >= 0.3 is 6.03 Å².